The Bertz CT molecular complexity index is 559. The van der Waals surface area contributed by atoms with Crippen molar-refractivity contribution in [1.29, 1.82) is 0 Å². The Morgan fingerprint density at radius 1 is 1.08 bits per heavy atom. The Morgan fingerprint density at radius 2 is 1.71 bits per heavy atom. The highest BCUT2D eigenvalue weighted by atomic mass is 16.3. The smallest absolute Gasteiger partial charge is 0.255 e. The number of aliphatic hydroxyl groups is 1. The maximum absolute atomic E-state index is 12.7. The fourth-order valence-corrected chi connectivity index (χ4v) is 3.81. The Kier molecular flexibility index (Phi) is 5.02. The van der Waals surface area contributed by atoms with Gasteiger partial charge in [0.05, 0.1) is 11.7 Å². The van der Waals surface area contributed by atoms with Crippen LogP contribution in [0.25, 0.3) is 0 Å². The van der Waals surface area contributed by atoms with E-state index >= 15 is 0 Å². The van der Waals surface area contributed by atoms with Gasteiger partial charge in [-0.25, -0.2) is 0 Å². The number of hydrogen-bond donors (Lipinski definition) is 1. The standard InChI is InChI=1S/C19H31N3O2/c1-19(2,3)22-13-4-15(14-22)18(24)21-9-5-16(6-10-21)20-11-7-17(23)8-12-20/h4,13-14,16-17,23H,5-12H2,1-3H3. The molecule has 2 saturated heterocycles. The Hall–Kier alpha value is -1.33. The summed E-state index contributed by atoms with van der Waals surface area (Å²) in [6, 6.07) is 2.51. The molecule has 24 heavy (non-hydrogen) atoms. The van der Waals surface area contributed by atoms with Gasteiger partial charge in [0.25, 0.3) is 5.91 Å². The summed E-state index contributed by atoms with van der Waals surface area (Å²) in [4.78, 5) is 17.2. The third kappa shape index (κ3) is 3.83. The molecule has 0 saturated carbocycles. The lowest BCUT2D eigenvalue weighted by Crippen LogP contribution is -2.49. The van der Waals surface area contributed by atoms with E-state index in [9.17, 15) is 9.90 Å². The van der Waals surface area contributed by atoms with E-state index in [-0.39, 0.29) is 17.6 Å². The molecule has 5 heteroatoms. The molecule has 0 bridgehead atoms. The Balaban J connectivity index is 1.54. The molecule has 0 aliphatic carbocycles. The van der Waals surface area contributed by atoms with Gasteiger partial charge >= 0.3 is 0 Å². The van der Waals surface area contributed by atoms with Crippen molar-refractivity contribution in [2.75, 3.05) is 26.2 Å². The molecular formula is C19H31N3O2. The lowest BCUT2D eigenvalue weighted by atomic mass is 9.98. The van der Waals surface area contributed by atoms with Crippen molar-refractivity contribution in [2.45, 2.75) is 64.1 Å². The van der Waals surface area contributed by atoms with Crippen LogP contribution < -0.4 is 0 Å². The number of amides is 1. The zero-order valence-electron chi connectivity index (χ0n) is 15.2. The first-order valence-electron chi connectivity index (χ1n) is 9.24. The summed E-state index contributed by atoms with van der Waals surface area (Å²) < 4.78 is 2.10. The molecule has 1 N–H and O–H groups in total. The van der Waals surface area contributed by atoms with Crippen LogP contribution in [-0.2, 0) is 5.54 Å². The summed E-state index contributed by atoms with van der Waals surface area (Å²) in [6.45, 7) is 10.1. The summed E-state index contributed by atoms with van der Waals surface area (Å²) in [5, 5.41) is 9.64. The first-order valence-corrected chi connectivity index (χ1v) is 9.24. The van der Waals surface area contributed by atoms with Crippen LogP contribution in [0, 0.1) is 0 Å². The molecule has 1 aromatic heterocycles. The van der Waals surface area contributed by atoms with E-state index in [1.807, 2.05) is 23.4 Å². The topological polar surface area (TPSA) is 48.7 Å². The number of carbonyl (C=O) groups excluding carboxylic acids is 1. The van der Waals surface area contributed by atoms with Crippen molar-refractivity contribution in [3.05, 3.63) is 24.0 Å². The van der Waals surface area contributed by atoms with Gasteiger partial charge in [0, 0.05) is 50.2 Å². The summed E-state index contributed by atoms with van der Waals surface area (Å²) in [7, 11) is 0. The van der Waals surface area contributed by atoms with Crippen LogP contribution in [-0.4, -0.2) is 63.7 Å². The van der Waals surface area contributed by atoms with Gasteiger partial charge in [0.15, 0.2) is 0 Å². The molecule has 0 spiro atoms. The summed E-state index contributed by atoms with van der Waals surface area (Å²) in [5.74, 6) is 0.158. The van der Waals surface area contributed by atoms with Gasteiger partial charge in [0.1, 0.15) is 0 Å². The normalized spacial score (nSPS) is 22.1. The molecule has 3 heterocycles. The van der Waals surface area contributed by atoms with Crippen molar-refractivity contribution in [1.82, 2.24) is 14.4 Å². The number of aromatic nitrogens is 1. The second kappa shape index (κ2) is 6.89. The number of aliphatic hydroxyl groups excluding tert-OH is 1. The number of rotatable bonds is 2. The molecular weight excluding hydrogens is 302 g/mol. The zero-order chi connectivity index (χ0) is 17.3. The van der Waals surface area contributed by atoms with Crippen LogP contribution in [0.5, 0.6) is 0 Å². The maximum atomic E-state index is 12.7. The van der Waals surface area contributed by atoms with Gasteiger partial charge in [-0.05, 0) is 52.5 Å². The van der Waals surface area contributed by atoms with Crippen LogP contribution in [0.4, 0.5) is 0 Å². The third-order valence-electron chi connectivity index (χ3n) is 5.48. The minimum absolute atomic E-state index is 0.00432. The average Bonchev–Trinajstić information content (AvgIpc) is 3.05. The quantitative estimate of drug-likeness (QED) is 0.903. The van der Waals surface area contributed by atoms with E-state index in [1.165, 1.54) is 0 Å². The van der Waals surface area contributed by atoms with Crippen molar-refractivity contribution in [3.63, 3.8) is 0 Å². The summed E-state index contributed by atoms with van der Waals surface area (Å²) >= 11 is 0. The van der Waals surface area contributed by atoms with E-state index in [4.69, 9.17) is 0 Å². The number of nitrogens with zero attached hydrogens (tertiary/aromatic N) is 3. The van der Waals surface area contributed by atoms with Crippen molar-refractivity contribution >= 4 is 5.91 Å². The molecule has 1 amide bonds. The lowest BCUT2D eigenvalue weighted by molar-refractivity contribution is 0.0357. The van der Waals surface area contributed by atoms with Gasteiger partial charge in [-0.15, -0.1) is 0 Å². The summed E-state index contributed by atoms with van der Waals surface area (Å²) in [5.41, 5.74) is 0.800. The number of likely N-dealkylation sites (tertiary alicyclic amines) is 2. The van der Waals surface area contributed by atoms with Crippen molar-refractivity contribution in [3.8, 4) is 0 Å². The average molecular weight is 333 g/mol. The van der Waals surface area contributed by atoms with Gasteiger partial charge in [0.2, 0.25) is 0 Å². The van der Waals surface area contributed by atoms with Crippen LogP contribution >= 0.6 is 0 Å². The molecule has 0 aromatic carbocycles. The number of carbonyl (C=O) groups is 1. The van der Waals surface area contributed by atoms with Crippen molar-refractivity contribution < 1.29 is 9.90 Å². The zero-order valence-corrected chi connectivity index (χ0v) is 15.2. The predicted octanol–water partition coefficient (Wildman–Crippen LogP) is 2.30. The van der Waals surface area contributed by atoms with E-state index in [0.29, 0.717) is 6.04 Å². The second-order valence-electron chi connectivity index (χ2n) is 8.27. The van der Waals surface area contributed by atoms with Gasteiger partial charge in [-0.1, -0.05) is 0 Å². The maximum Gasteiger partial charge on any atom is 0.255 e. The van der Waals surface area contributed by atoms with Crippen LogP contribution in [0.1, 0.15) is 56.8 Å². The van der Waals surface area contributed by atoms with Crippen LogP contribution in [0.15, 0.2) is 18.5 Å². The number of piperidine rings is 2. The van der Waals surface area contributed by atoms with Crippen LogP contribution in [0.3, 0.4) is 0 Å². The predicted molar refractivity (Wildman–Crippen MR) is 95.2 cm³/mol. The van der Waals surface area contributed by atoms with E-state index in [1.54, 1.807) is 0 Å². The van der Waals surface area contributed by atoms with E-state index < -0.39 is 0 Å². The molecule has 1 aromatic rings. The molecule has 0 atom stereocenters. The van der Waals surface area contributed by atoms with Crippen molar-refractivity contribution in [2.24, 2.45) is 0 Å². The minimum Gasteiger partial charge on any atom is -0.393 e. The minimum atomic E-state index is -0.116. The van der Waals surface area contributed by atoms with E-state index in [2.05, 4.69) is 30.2 Å². The third-order valence-corrected chi connectivity index (χ3v) is 5.48. The number of hydrogen-bond acceptors (Lipinski definition) is 3. The molecule has 2 aliphatic rings. The molecule has 0 unspecified atom stereocenters. The fraction of sp³-hybridized carbons (Fsp3) is 0.737. The highest BCUT2D eigenvalue weighted by Gasteiger charge is 2.29. The SMILES string of the molecule is CC(C)(C)n1ccc(C(=O)N2CCC(N3CCC(O)CC3)CC2)c1. The lowest BCUT2D eigenvalue weighted by Gasteiger charge is -2.41. The van der Waals surface area contributed by atoms with Gasteiger partial charge in [-0.2, -0.15) is 0 Å². The van der Waals surface area contributed by atoms with Crippen LogP contribution in [0.2, 0.25) is 0 Å². The Morgan fingerprint density at radius 3 is 2.25 bits per heavy atom. The molecule has 5 nitrogen and oxygen atoms in total. The second-order valence-corrected chi connectivity index (χ2v) is 8.27. The first-order chi connectivity index (χ1) is 11.3. The summed E-state index contributed by atoms with van der Waals surface area (Å²) in [6.07, 6.45) is 7.72. The highest BCUT2D eigenvalue weighted by molar-refractivity contribution is 5.94. The fourth-order valence-electron chi connectivity index (χ4n) is 3.81. The molecule has 134 valence electrons. The molecule has 2 aliphatic heterocycles. The van der Waals surface area contributed by atoms with E-state index in [0.717, 1.165) is 57.4 Å². The first kappa shape index (κ1) is 17.5. The highest BCUT2D eigenvalue weighted by Crippen LogP contribution is 2.23. The Labute approximate surface area is 145 Å². The molecule has 2 fully saturated rings. The largest absolute Gasteiger partial charge is 0.393 e. The molecule has 3 rings (SSSR count). The monoisotopic (exact) mass is 333 g/mol. The molecule has 0 radical (unpaired) electrons. The van der Waals surface area contributed by atoms with Gasteiger partial charge in [-0.3, -0.25) is 4.79 Å². The van der Waals surface area contributed by atoms with Gasteiger partial charge < -0.3 is 19.5 Å².